The van der Waals surface area contributed by atoms with Crippen LogP contribution in [-0.2, 0) is 5.41 Å². The van der Waals surface area contributed by atoms with Gasteiger partial charge in [-0.1, -0.05) is 170 Å². The summed E-state index contributed by atoms with van der Waals surface area (Å²) < 4.78 is 0. The van der Waals surface area contributed by atoms with Crippen LogP contribution >= 0.6 is 0 Å². The molecule has 2 heteroatoms. The first-order chi connectivity index (χ1) is 26.3. The summed E-state index contributed by atoms with van der Waals surface area (Å²) in [6.07, 6.45) is 1.83. The second-order valence-electron chi connectivity index (χ2n) is 13.7. The van der Waals surface area contributed by atoms with Crippen molar-refractivity contribution in [3.05, 3.63) is 229 Å². The Morgan fingerprint density at radius 2 is 0.962 bits per heavy atom. The van der Waals surface area contributed by atoms with Gasteiger partial charge in [0.2, 0.25) is 0 Å². The van der Waals surface area contributed by atoms with Crippen molar-refractivity contribution in [3.63, 3.8) is 0 Å². The highest BCUT2D eigenvalue weighted by Crippen LogP contribution is 2.58. The third kappa shape index (κ3) is 5.03. The molecule has 0 spiro atoms. The lowest BCUT2D eigenvalue weighted by molar-refractivity contribution is 0.768. The minimum atomic E-state index is -0.437. The van der Waals surface area contributed by atoms with Crippen molar-refractivity contribution < 1.29 is 0 Å². The van der Waals surface area contributed by atoms with E-state index < -0.39 is 5.41 Å². The summed E-state index contributed by atoms with van der Waals surface area (Å²) >= 11 is 0. The normalized spacial score (nSPS) is 12.7. The SMILES string of the molecule is c1ccc(-c2cc(-c3ccccn3)nc3cc(-c4cccc(-c5cccc6c5-c5ccccc5C6(c5ccccc5)c5ccccc5)c4)ccc23)cc1. The molecule has 0 bridgehead atoms. The first kappa shape index (κ1) is 30.9. The molecule has 7 aromatic carbocycles. The molecule has 2 heterocycles. The number of fused-ring (bicyclic) bond motifs is 4. The van der Waals surface area contributed by atoms with Gasteiger partial charge in [-0.15, -0.1) is 0 Å². The highest BCUT2D eigenvalue weighted by molar-refractivity contribution is 5.99. The molecule has 0 saturated heterocycles. The lowest BCUT2D eigenvalue weighted by Gasteiger charge is -2.34. The molecule has 0 unspecified atom stereocenters. The van der Waals surface area contributed by atoms with E-state index in [4.69, 9.17) is 4.98 Å². The van der Waals surface area contributed by atoms with Crippen molar-refractivity contribution in [2.45, 2.75) is 5.41 Å². The molecule has 0 amide bonds. The highest BCUT2D eigenvalue weighted by atomic mass is 14.8. The molecule has 1 aliphatic rings. The van der Waals surface area contributed by atoms with Crippen molar-refractivity contribution in [1.82, 2.24) is 9.97 Å². The van der Waals surface area contributed by atoms with E-state index in [1.165, 1.54) is 44.5 Å². The van der Waals surface area contributed by atoms with E-state index >= 15 is 0 Å². The van der Waals surface area contributed by atoms with Crippen LogP contribution in [0.25, 0.3) is 66.8 Å². The number of pyridine rings is 2. The molecule has 9 aromatic rings. The van der Waals surface area contributed by atoms with E-state index in [9.17, 15) is 0 Å². The zero-order valence-electron chi connectivity index (χ0n) is 29.0. The fraction of sp³-hybridized carbons (Fsp3) is 0.0196. The molecular weight excluding hydrogens is 641 g/mol. The Hall–Kier alpha value is -6.90. The topological polar surface area (TPSA) is 25.8 Å². The summed E-state index contributed by atoms with van der Waals surface area (Å²) in [4.78, 5) is 9.83. The Balaban J connectivity index is 1.15. The number of benzene rings is 7. The molecule has 0 saturated carbocycles. The van der Waals surface area contributed by atoms with Crippen LogP contribution in [0.3, 0.4) is 0 Å². The molecule has 1 aliphatic carbocycles. The van der Waals surface area contributed by atoms with Crippen molar-refractivity contribution in [2.24, 2.45) is 0 Å². The van der Waals surface area contributed by atoms with Crippen LogP contribution in [0.15, 0.2) is 206 Å². The lowest BCUT2D eigenvalue weighted by Crippen LogP contribution is -2.28. The van der Waals surface area contributed by atoms with Crippen LogP contribution in [0.5, 0.6) is 0 Å². The average molecular weight is 675 g/mol. The van der Waals surface area contributed by atoms with Crippen LogP contribution in [0.2, 0.25) is 0 Å². The minimum Gasteiger partial charge on any atom is -0.255 e. The quantitative estimate of drug-likeness (QED) is 0.175. The number of hydrogen-bond donors (Lipinski definition) is 0. The second kappa shape index (κ2) is 12.7. The van der Waals surface area contributed by atoms with Crippen molar-refractivity contribution in [2.75, 3.05) is 0 Å². The molecule has 10 rings (SSSR count). The van der Waals surface area contributed by atoms with Crippen LogP contribution in [0.1, 0.15) is 22.3 Å². The molecule has 248 valence electrons. The second-order valence-corrected chi connectivity index (χ2v) is 13.7. The average Bonchev–Trinajstić information content (AvgIpc) is 3.56. The van der Waals surface area contributed by atoms with E-state index in [1.807, 2.05) is 24.4 Å². The van der Waals surface area contributed by atoms with Gasteiger partial charge in [0.1, 0.15) is 0 Å². The van der Waals surface area contributed by atoms with Crippen LogP contribution in [0, 0.1) is 0 Å². The fourth-order valence-corrected chi connectivity index (χ4v) is 8.51. The Morgan fingerprint density at radius 3 is 1.72 bits per heavy atom. The van der Waals surface area contributed by atoms with Gasteiger partial charge in [-0.2, -0.15) is 0 Å². The first-order valence-corrected chi connectivity index (χ1v) is 18.2. The van der Waals surface area contributed by atoms with Gasteiger partial charge in [-0.25, -0.2) is 4.98 Å². The van der Waals surface area contributed by atoms with Gasteiger partial charge in [0.05, 0.1) is 22.3 Å². The molecule has 0 N–H and O–H groups in total. The lowest BCUT2D eigenvalue weighted by atomic mass is 9.67. The van der Waals surface area contributed by atoms with E-state index in [2.05, 4.69) is 187 Å². The Morgan fingerprint density at radius 1 is 0.358 bits per heavy atom. The largest absolute Gasteiger partial charge is 0.255 e. The predicted molar refractivity (Wildman–Crippen MR) is 219 cm³/mol. The maximum Gasteiger partial charge on any atom is 0.0900 e. The van der Waals surface area contributed by atoms with Crippen LogP contribution in [0.4, 0.5) is 0 Å². The predicted octanol–water partition coefficient (Wildman–Crippen LogP) is 12.7. The Kier molecular flexibility index (Phi) is 7.40. The number of nitrogens with zero attached hydrogens (tertiary/aromatic N) is 2. The van der Waals surface area contributed by atoms with Gasteiger partial charge in [0.25, 0.3) is 0 Å². The summed E-state index contributed by atoms with van der Waals surface area (Å²) in [5.41, 5.74) is 17.0. The molecular formula is C51H34N2. The Labute approximate surface area is 309 Å². The van der Waals surface area contributed by atoms with E-state index in [0.29, 0.717) is 0 Å². The number of hydrogen-bond acceptors (Lipinski definition) is 2. The zero-order chi connectivity index (χ0) is 35.2. The third-order valence-electron chi connectivity index (χ3n) is 10.8. The van der Waals surface area contributed by atoms with E-state index in [-0.39, 0.29) is 0 Å². The van der Waals surface area contributed by atoms with Gasteiger partial charge in [0, 0.05) is 11.6 Å². The van der Waals surface area contributed by atoms with Gasteiger partial charge in [0.15, 0.2) is 0 Å². The molecule has 53 heavy (non-hydrogen) atoms. The number of rotatable bonds is 6. The summed E-state index contributed by atoms with van der Waals surface area (Å²) in [5, 5.41) is 1.12. The monoisotopic (exact) mass is 674 g/mol. The summed E-state index contributed by atoms with van der Waals surface area (Å²) in [7, 11) is 0. The van der Waals surface area contributed by atoms with Crippen molar-refractivity contribution in [3.8, 4) is 55.9 Å². The molecule has 0 radical (unpaired) electrons. The summed E-state index contributed by atoms with van der Waals surface area (Å²) in [6.45, 7) is 0. The van der Waals surface area contributed by atoms with Gasteiger partial charge in [-0.3, -0.25) is 4.98 Å². The molecule has 0 atom stereocenters. The highest BCUT2D eigenvalue weighted by Gasteiger charge is 2.46. The van der Waals surface area contributed by atoms with Gasteiger partial charge < -0.3 is 0 Å². The summed E-state index contributed by atoms with van der Waals surface area (Å²) in [6, 6.07) is 72.2. The maximum atomic E-state index is 5.18. The minimum absolute atomic E-state index is 0.437. The first-order valence-electron chi connectivity index (χ1n) is 18.2. The smallest absolute Gasteiger partial charge is 0.0900 e. The van der Waals surface area contributed by atoms with Crippen LogP contribution < -0.4 is 0 Å². The van der Waals surface area contributed by atoms with Crippen molar-refractivity contribution in [1.29, 1.82) is 0 Å². The van der Waals surface area contributed by atoms with Gasteiger partial charge in [-0.05, 0) is 97.1 Å². The molecule has 0 aliphatic heterocycles. The molecule has 2 aromatic heterocycles. The zero-order valence-corrected chi connectivity index (χ0v) is 29.0. The number of aromatic nitrogens is 2. The fourth-order valence-electron chi connectivity index (χ4n) is 8.51. The molecule has 2 nitrogen and oxygen atoms in total. The Bertz CT molecular complexity index is 2720. The standard InChI is InChI=1S/C51H34N2/c1-4-16-35(17-5-1)44-34-49(47-28-12-13-31-52-47)53-48-33-37(29-30-42(44)48)36-18-14-19-38(32-36)41-25-15-27-46-50(41)43-24-10-11-26-45(43)51(46,39-20-6-2-7-21-39)40-22-8-3-9-23-40/h1-34H. The summed E-state index contributed by atoms with van der Waals surface area (Å²) in [5.74, 6) is 0. The van der Waals surface area contributed by atoms with E-state index in [1.54, 1.807) is 0 Å². The van der Waals surface area contributed by atoms with Crippen molar-refractivity contribution >= 4 is 10.9 Å². The van der Waals surface area contributed by atoms with Crippen LogP contribution in [-0.4, -0.2) is 9.97 Å². The van der Waals surface area contributed by atoms with E-state index in [0.717, 1.165) is 44.5 Å². The third-order valence-corrected chi connectivity index (χ3v) is 10.8. The molecule has 0 fully saturated rings. The maximum absolute atomic E-state index is 5.18. The van der Waals surface area contributed by atoms with Gasteiger partial charge >= 0.3 is 0 Å².